The van der Waals surface area contributed by atoms with Crippen molar-refractivity contribution in [2.45, 2.75) is 37.8 Å². The number of halogens is 1. The highest BCUT2D eigenvalue weighted by Gasteiger charge is 2.29. The van der Waals surface area contributed by atoms with E-state index in [4.69, 9.17) is 11.6 Å². The predicted molar refractivity (Wildman–Crippen MR) is 138 cm³/mol. The largest absolute Gasteiger partial charge is 0.356 e. The number of hydrogen-bond donors (Lipinski definition) is 1. The van der Waals surface area contributed by atoms with E-state index in [-0.39, 0.29) is 23.9 Å². The number of nitrogens with zero attached hydrogens (tertiary/aromatic N) is 3. The highest BCUT2D eigenvalue weighted by molar-refractivity contribution is 6.33. The third-order valence-corrected chi connectivity index (χ3v) is 7.53. The van der Waals surface area contributed by atoms with Crippen LogP contribution in [0, 0.1) is 0 Å². The number of rotatable bonds is 5. The molecule has 0 bridgehead atoms. The molecule has 1 aliphatic heterocycles. The van der Waals surface area contributed by atoms with E-state index in [9.17, 15) is 9.59 Å². The van der Waals surface area contributed by atoms with Crippen molar-refractivity contribution in [3.05, 3.63) is 94.1 Å². The van der Waals surface area contributed by atoms with Gasteiger partial charge in [-0.3, -0.25) is 9.59 Å². The molecule has 0 saturated carbocycles. The minimum absolute atomic E-state index is 0.0205. The molecule has 0 spiro atoms. The van der Waals surface area contributed by atoms with Gasteiger partial charge in [0, 0.05) is 37.9 Å². The molecule has 1 N–H and O–H groups in total. The minimum Gasteiger partial charge on any atom is -0.356 e. The Balaban J connectivity index is 1.25. The van der Waals surface area contributed by atoms with Crippen molar-refractivity contribution in [3.63, 3.8) is 0 Å². The Hall–Kier alpha value is -3.38. The monoisotopic (exact) mass is 488 g/mol. The first-order valence-electron chi connectivity index (χ1n) is 12.1. The quantitative estimate of drug-likeness (QED) is 0.555. The number of carbonyl (C=O) groups excluding carboxylic acids is 2. The first-order chi connectivity index (χ1) is 17.0. The molecule has 2 aliphatic rings. The van der Waals surface area contributed by atoms with Crippen LogP contribution in [0.2, 0.25) is 5.02 Å². The minimum atomic E-state index is -0.193. The van der Waals surface area contributed by atoms with Crippen molar-refractivity contribution >= 4 is 29.2 Å². The number of amides is 2. The predicted octanol–water partition coefficient (Wildman–Crippen LogP) is 4.89. The molecule has 0 radical (unpaired) electrons. The van der Waals surface area contributed by atoms with Gasteiger partial charge in [0.25, 0.3) is 11.8 Å². The van der Waals surface area contributed by atoms with Gasteiger partial charge in [0.2, 0.25) is 0 Å². The average Bonchev–Trinajstić information content (AvgIpc) is 3.30. The molecule has 180 valence electrons. The number of aromatic nitrogens is 1. The Morgan fingerprint density at radius 1 is 1.03 bits per heavy atom. The summed E-state index contributed by atoms with van der Waals surface area (Å²) in [6.07, 6.45) is 5.31. The Labute approximate surface area is 210 Å². The lowest BCUT2D eigenvalue weighted by atomic mass is 10.00. The molecule has 1 aliphatic carbocycles. The topological polar surface area (TPSA) is 65.5 Å². The van der Waals surface area contributed by atoms with Gasteiger partial charge in [-0.25, -0.2) is 4.98 Å². The van der Waals surface area contributed by atoms with Gasteiger partial charge in [-0.05, 0) is 73.2 Å². The van der Waals surface area contributed by atoms with Crippen LogP contribution in [0.4, 0.5) is 5.82 Å². The van der Waals surface area contributed by atoms with Crippen LogP contribution in [-0.4, -0.2) is 47.9 Å². The van der Waals surface area contributed by atoms with E-state index in [2.05, 4.69) is 15.2 Å². The first kappa shape index (κ1) is 23.4. The first-order valence-corrected chi connectivity index (χ1v) is 12.5. The molecule has 2 heterocycles. The van der Waals surface area contributed by atoms with Crippen LogP contribution in [0.1, 0.15) is 57.1 Å². The maximum atomic E-state index is 13.4. The molecule has 7 heteroatoms. The molecular formula is C28H29ClN4O2. The van der Waals surface area contributed by atoms with E-state index in [1.807, 2.05) is 54.5 Å². The van der Waals surface area contributed by atoms with Crippen LogP contribution in [0.25, 0.3) is 0 Å². The summed E-state index contributed by atoms with van der Waals surface area (Å²) in [5, 5.41) is 3.54. The zero-order valence-electron chi connectivity index (χ0n) is 19.8. The molecule has 5 rings (SSSR count). The molecule has 1 fully saturated rings. The van der Waals surface area contributed by atoms with Crippen LogP contribution in [-0.2, 0) is 6.42 Å². The second-order valence-corrected chi connectivity index (χ2v) is 9.69. The lowest BCUT2D eigenvalue weighted by Gasteiger charge is -2.37. The summed E-state index contributed by atoms with van der Waals surface area (Å²) in [6.45, 7) is 1.75. The molecule has 1 unspecified atom stereocenters. The smallest absolute Gasteiger partial charge is 0.253 e. The summed E-state index contributed by atoms with van der Waals surface area (Å²) in [5.41, 5.74) is 3.33. The molecule has 2 aromatic carbocycles. The van der Waals surface area contributed by atoms with Gasteiger partial charge in [-0.15, -0.1) is 0 Å². The summed E-state index contributed by atoms with van der Waals surface area (Å²) in [5.74, 6) is 0.817. The van der Waals surface area contributed by atoms with Crippen LogP contribution in [0.15, 0.2) is 66.9 Å². The number of nitrogens with one attached hydrogen (secondary N) is 1. The molecular weight excluding hydrogens is 460 g/mol. The number of fused-ring (bicyclic) bond motifs is 1. The number of aryl methyl sites for hydroxylation is 1. The molecule has 2 amide bonds. The van der Waals surface area contributed by atoms with Gasteiger partial charge in [0.15, 0.2) is 0 Å². The SMILES string of the molecule is CN(C(=O)c1ccc2c(c1)C(NC(=O)c1ccccc1Cl)CC2)C1CCN(c2ccccn2)CC1. The number of anilines is 1. The van der Waals surface area contributed by atoms with E-state index in [1.54, 1.807) is 24.3 Å². The van der Waals surface area contributed by atoms with Gasteiger partial charge in [-0.1, -0.05) is 35.9 Å². The number of hydrogen-bond acceptors (Lipinski definition) is 4. The Morgan fingerprint density at radius 3 is 2.54 bits per heavy atom. The fraction of sp³-hybridized carbons (Fsp3) is 0.321. The molecule has 1 atom stereocenters. The Kier molecular flexibility index (Phi) is 6.73. The van der Waals surface area contributed by atoms with Crippen LogP contribution < -0.4 is 10.2 Å². The normalized spacial score (nSPS) is 17.7. The molecule has 3 aromatic rings. The van der Waals surface area contributed by atoms with E-state index in [0.29, 0.717) is 16.1 Å². The molecule has 6 nitrogen and oxygen atoms in total. The molecule has 35 heavy (non-hydrogen) atoms. The van der Waals surface area contributed by atoms with Crippen LogP contribution >= 0.6 is 11.6 Å². The summed E-state index contributed by atoms with van der Waals surface area (Å²) in [7, 11) is 1.90. The summed E-state index contributed by atoms with van der Waals surface area (Å²) in [4.78, 5) is 34.8. The van der Waals surface area contributed by atoms with Gasteiger partial charge >= 0.3 is 0 Å². The summed E-state index contributed by atoms with van der Waals surface area (Å²) in [6, 6.07) is 19.0. The second kappa shape index (κ2) is 10.1. The average molecular weight is 489 g/mol. The van der Waals surface area contributed by atoms with Crippen LogP contribution in [0.5, 0.6) is 0 Å². The lowest BCUT2D eigenvalue weighted by molar-refractivity contribution is 0.0709. The van der Waals surface area contributed by atoms with E-state index < -0.39 is 0 Å². The fourth-order valence-corrected chi connectivity index (χ4v) is 5.38. The lowest BCUT2D eigenvalue weighted by Crippen LogP contribution is -2.45. The number of piperidine rings is 1. The maximum absolute atomic E-state index is 13.4. The van der Waals surface area contributed by atoms with E-state index in [1.165, 1.54) is 5.56 Å². The molecule has 1 saturated heterocycles. The maximum Gasteiger partial charge on any atom is 0.253 e. The van der Waals surface area contributed by atoms with Crippen molar-refractivity contribution in [1.82, 2.24) is 15.2 Å². The zero-order chi connectivity index (χ0) is 24.4. The number of carbonyl (C=O) groups is 2. The fourth-order valence-electron chi connectivity index (χ4n) is 5.16. The molecule has 1 aromatic heterocycles. The summed E-state index contributed by atoms with van der Waals surface area (Å²) >= 11 is 6.21. The van der Waals surface area contributed by atoms with Crippen molar-refractivity contribution in [2.75, 3.05) is 25.0 Å². The highest BCUT2D eigenvalue weighted by Crippen LogP contribution is 2.33. The number of benzene rings is 2. The van der Waals surface area contributed by atoms with Crippen molar-refractivity contribution in [1.29, 1.82) is 0 Å². The van der Waals surface area contributed by atoms with Crippen molar-refractivity contribution < 1.29 is 9.59 Å². The van der Waals surface area contributed by atoms with Gasteiger partial charge in [-0.2, -0.15) is 0 Å². The Morgan fingerprint density at radius 2 is 1.80 bits per heavy atom. The van der Waals surface area contributed by atoms with Gasteiger partial charge in [0.05, 0.1) is 16.6 Å². The zero-order valence-corrected chi connectivity index (χ0v) is 20.5. The third kappa shape index (κ3) is 4.89. The van der Waals surface area contributed by atoms with Gasteiger partial charge < -0.3 is 15.1 Å². The van der Waals surface area contributed by atoms with Crippen LogP contribution in [0.3, 0.4) is 0 Å². The number of pyridine rings is 1. The Bertz CT molecular complexity index is 1220. The van der Waals surface area contributed by atoms with E-state index >= 15 is 0 Å². The van der Waals surface area contributed by atoms with E-state index in [0.717, 1.165) is 50.2 Å². The van der Waals surface area contributed by atoms with Crippen molar-refractivity contribution in [3.8, 4) is 0 Å². The highest BCUT2D eigenvalue weighted by atomic mass is 35.5. The third-order valence-electron chi connectivity index (χ3n) is 7.20. The van der Waals surface area contributed by atoms with Gasteiger partial charge in [0.1, 0.15) is 5.82 Å². The summed E-state index contributed by atoms with van der Waals surface area (Å²) < 4.78 is 0. The standard InChI is InChI=1S/C28H29ClN4O2/c1-32(21-13-16-33(17-14-21)26-8-4-5-15-30-26)28(35)20-10-9-19-11-12-25(23(19)18-20)31-27(34)22-6-2-3-7-24(22)29/h2-10,15,18,21,25H,11-14,16-17H2,1H3,(H,31,34). The second-order valence-electron chi connectivity index (χ2n) is 9.28. The van der Waals surface area contributed by atoms with Crippen molar-refractivity contribution in [2.24, 2.45) is 0 Å².